The minimum Gasteiger partial charge on any atom is -0.366 e. The van der Waals surface area contributed by atoms with Crippen LogP contribution in [0.15, 0.2) is 67.0 Å². The largest absolute Gasteiger partial charge is 0.366 e. The molecule has 1 aliphatic carbocycles. The zero-order valence-corrected chi connectivity index (χ0v) is 16.7. The summed E-state index contributed by atoms with van der Waals surface area (Å²) in [4.78, 5) is 19.8. The van der Waals surface area contributed by atoms with Gasteiger partial charge < -0.3 is 15.5 Å². The quantitative estimate of drug-likeness (QED) is 0.645. The van der Waals surface area contributed by atoms with Gasteiger partial charge in [0, 0.05) is 35.5 Å². The van der Waals surface area contributed by atoms with Crippen molar-refractivity contribution in [2.75, 3.05) is 18.0 Å². The number of piperidine rings is 1. The molecule has 2 heterocycles. The lowest BCUT2D eigenvalue weighted by Gasteiger charge is -2.35. The first-order valence-corrected chi connectivity index (χ1v) is 10.1. The summed E-state index contributed by atoms with van der Waals surface area (Å²) in [5, 5.41) is 9.44. The molecule has 2 fully saturated rings. The molecule has 1 saturated carbocycles. The number of carbonyl (C=O) groups is 1. The van der Waals surface area contributed by atoms with Crippen molar-refractivity contribution in [2.45, 2.75) is 12.0 Å². The standard InChI is InChI=1S/C24H20FN5O/c25-19-5-7-20(8-6-19)30(24-11-18(24)13-29(14-24)15-26)22-12-28-10-9-21(22)16-1-3-17(4-2-16)23(27)31/h1-10,12,18H,11,13-14H2,(H2,27,31)/t18-,24+/m1/s1. The highest BCUT2D eigenvalue weighted by Crippen LogP contribution is 2.58. The van der Waals surface area contributed by atoms with Crippen molar-refractivity contribution in [3.05, 3.63) is 78.4 Å². The molecule has 0 bridgehead atoms. The highest BCUT2D eigenvalue weighted by atomic mass is 19.1. The maximum atomic E-state index is 13.7. The Hall–Kier alpha value is -3.92. The van der Waals surface area contributed by atoms with E-state index in [0.717, 1.165) is 35.5 Å². The van der Waals surface area contributed by atoms with E-state index in [2.05, 4.69) is 16.1 Å². The van der Waals surface area contributed by atoms with Crippen molar-refractivity contribution >= 4 is 17.3 Å². The van der Waals surface area contributed by atoms with Crippen molar-refractivity contribution in [1.82, 2.24) is 9.88 Å². The first kappa shape index (κ1) is 19.1. The van der Waals surface area contributed by atoms with Crippen LogP contribution in [0.25, 0.3) is 11.1 Å². The summed E-state index contributed by atoms with van der Waals surface area (Å²) in [6, 6.07) is 15.5. The number of hydrogen-bond donors (Lipinski definition) is 1. The lowest BCUT2D eigenvalue weighted by molar-refractivity contribution is 0.100. The van der Waals surface area contributed by atoms with Crippen LogP contribution in [0.3, 0.4) is 0 Å². The highest BCUT2D eigenvalue weighted by Gasteiger charge is 2.64. The monoisotopic (exact) mass is 413 g/mol. The average molecular weight is 413 g/mol. The molecule has 1 aromatic heterocycles. The Bertz CT molecular complexity index is 1190. The van der Waals surface area contributed by atoms with Crippen LogP contribution >= 0.6 is 0 Å². The fraction of sp³-hybridized carbons (Fsp3) is 0.208. The van der Waals surface area contributed by atoms with E-state index in [4.69, 9.17) is 5.73 Å². The summed E-state index contributed by atoms with van der Waals surface area (Å²) in [7, 11) is 0. The van der Waals surface area contributed by atoms with E-state index in [1.165, 1.54) is 12.1 Å². The van der Waals surface area contributed by atoms with E-state index in [9.17, 15) is 14.4 Å². The number of carbonyl (C=O) groups excluding carboxylic acids is 1. The number of benzene rings is 2. The number of aromatic nitrogens is 1. The number of halogens is 1. The molecule has 2 N–H and O–H groups in total. The van der Waals surface area contributed by atoms with Crippen molar-refractivity contribution in [2.24, 2.45) is 11.7 Å². The van der Waals surface area contributed by atoms with Crippen molar-refractivity contribution in [3.8, 4) is 17.3 Å². The molecule has 1 aliphatic heterocycles. The topological polar surface area (TPSA) is 86.2 Å². The van der Waals surface area contributed by atoms with Gasteiger partial charge in [-0.05, 0) is 54.4 Å². The summed E-state index contributed by atoms with van der Waals surface area (Å²) in [5.74, 6) is -0.425. The third kappa shape index (κ3) is 3.17. The van der Waals surface area contributed by atoms with Gasteiger partial charge in [0.15, 0.2) is 6.19 Å². The second-order valence-electron chi connectivity index (χ2n) is 8.13. The molecule has 6 nitrogen and oxygen atoms in total. The Morgan fingerprint density at radius 3 is 2.58 bits per heavy atom. The molecular formula is C24H20FN5O. The van der Waals surface area contributed by atoms with Gasteiger partial charge in [-0.25, -0.2) is 4.39 Å². The van der Waals surface area contributed by atoms with E-state index in [-0.39, 0.29) is 11.4 Å². The number of likely N-dealkylation sites (tertiary alicyclic amines) is 1. The van der Waals surface area contributed by atoms with Crippen molar-refractivity contribution in [3.63, 3.8) is 0 Å². The molecule has 0 spiro atoms. The van der Waals surface area contributed by atoms with Gasteiger partial charge in [-0.15, -0.1) is 0 Å². The predicted octanol–water partition coefficient (Wildman–Crippen LogP) is 3.68. The number of nitriles is 1. The zero-order chi connectivity index (χ0) is 21.6. The second kappa shape index (κ2) is 7.10. The van der Waals surface area contributed by atoms with E-state index in [1.807, 2.05) is 18.2 Å². The summed E-state index contributed by atoms with van der Waals surface area (Å²) >= 11 is 0. The van der Waals surface area contributed by atoms with Crippen LogP contribution in [0, 0.1) is 23.2 Å². The molecule has 0 unspecified atom stereocenters. The third-order valence-corrected chi connectivity index (χ3v) is 6.30. The van der Waals surface area contributed by atoms with Crippen LogP contribution < -0.4 is 10.6 Å². The zero-order valence-electron chi connectivity index (χ0n) is 16.7. The fourth-order valence-electron chi connectivity index (χ4n) is 4.73. The lowest BCUT2D eigenvalue weighted by atomic mass is 10.0. The number of nitrogens with two attached hydrogens (primary N) is 1. The van der Waals surface area contributed by atoms with Crippen LogP contribution in [0.1, 0.15) is 16.8 Å². The molecule has 1 saturated heterocycles. The smallest absolute Gasteiger partial charge is 0.248 e. The van der Waals surface area contributed by atoms with Crippen LogP contribution in [0.2, 0.25) is 0 Å². The minimum absolute atomic E-state index is 0.238. The molecule has 1 amide bonds. The van der Waals surface area contributed by atoms with Crippen LogP contribution in [-0.4, -0.2) is 34.4 Å². The van der Waals surface area contributed by atoms with E-state index < -0.39 is 5.91 Å². The average Bonchev–Trinajstić information content (AvgIpc) is 3.35. The van der Waals surface area contributed by atoms with E-state index in [1.54, 1.807) is 41.6 Å². The number of anilines is 2. The van der Waals surface area contributed by atoms with Crippen molar-refractivity contribution in [1.29, 1.82) is 5.26 Å². The molecule has 5 rings (SSSR count). The van der Waals surface area contributed by atoms with Crippen molar-refractivity contribution < 1.29 is 9.18 Å². The Labute approximate surface area is 179 Å². The summed E-state index contributed by atoms with van der Waals surface area (Å²) in [6.45, 7) is 1.33. The Kier molecular flexibility index (Phi) is 4.36. The molecule has 2 aromatic carbocycles. The number of primary amides is 1. The first-order valence-electron chi connectivity index (χ1n) is 10.1. The Morgan fingerprint density at radius 1 is 1.19 bits per heavy atom. The Balaban J connectivity index is 1.64. The van der Waals surface area contributed by atoms with Gasteiger partial charge in [-0.1, -0.05) is 12.1 Å². The maximum absolute atomic E-state index is 13.7. The van der Waals surface area contributed by atoms with Crippen LogP contribution in [0.5, 0.6) is 0 Å². The van der Waals surface area contributed by atoms with E-state index >= 15 is 0 Å². The van der Waals surface area contributed by atoms with Gasteiger partial charge in [0.25, 0.3) is 0 Å². The van der Waals surface area contributed by atoms with Crippen LogP contribution in [0.4, 0.5) is 15.8 Å². The Morgan fingerprint density at radius 2 is 1.94 bits per heavy atom. The van der Waals surface area contributed by atoms with E-state index in [0.29, 0.717) is 18.0 Å². The van der Waals surface area contributed by atoms with Gasteiger partial charge in [0.2, 0.25) is 5.91 Å². The molecule has 31 heavy (non-hydrogen) atoms. The van der Waals surface area contributed by atoms with Gasteiger partial charge in [0.05, 0.1) is 24.0 Å². The minimum atomic E-state index is -0.475. The lowest BCUT2D eigenvalue weighted by Crippen LogP contribution is -2.39. The normalized spacial score (nSPS) is 21.3. The molecule has 2 atom stereocenters. The van der Waals surface area contributed by atoms with Gasteiger partial charge >= 0.3 is 0 Å². The summed E-state index contributed by atoms with van der Waals surface area (Å²) < 4.78 is 13.7. The molecule has 7 heteroatoms. The maximum Gasteiger partial charge on any atom is 0.248 e. The SMILES string of the molecule is N#CN1C[C@H]2C[C@]2(N(c2ccc(F)cc2)c2cnccc2-c2ccc(C(N)=O)cc2)C1. The number of pyridine rings is 1. The predicted molar refractivity (Wildman–Crippen MR) is 115 cm³/mol. The second-order valence-corrected chi connectivity index (χ2v) is 8.13. The molecular weight excluding hydrogens is 393 g/mol. The number of rotatable bonds is 5. The number of fused-ring (bicyclic) bond motifs is 1. The van der Waals surface area contributed by atoms with Gasteiger partial charge in [-0.2, -0.15) is 5.26 Å². The number of hydrogen-bond acceptors (Lipinski definition) is 5. The number of nitrogens with zero attached hydrogens (tertiary/aromatic N) is 4. The fourth-order valence-corrected chi connectivity index (χ4v) is 4.73. The molecule has 0 radical (unpaired) electrons. The van der Waals surface area contributed by atoms with Crippen LogP contribution in [-0.2, 0) is 0 Å². The summed E-state index contributed by atoms with van der Waals surface area (Å²) in [5.41, 5.74) is 9.17. The molecule has 2 aliphatic rings. The molecule has 3 aromatic rings. The van der Waals surface area contributed by atoms with Gasteiger partial charge in [0.1, 0.15) is 5.82 Å². The highest BCUT2D eigenvalue weighted by molar-refractivity contribution is 5.93. The summed E-state index contributed by atoms with van der Waals surface area (Å²) in [6.07, 6.45) is 6.75. The number of amides is 1. The first-order chi connectivity index (χ1) is 15.0. The third-order valence-electron chi connectivity index (χ3n) is 6.30. The van der Waals surface area contributed by atoms with Gasteiger partial charge in [-0.3, -0.25) is 9.78 Å². The molecule has 154 valence electrons.